The minimum absolute atomic E-state index is 0.211. The highest BCUT2D eigenvalue weighted by Gasteiger charge is 2.19. The zero-order chi connectivity index (χ0) is 16.9. The maximum atomic E-state index is 10.3. The Morgan fingerprint density at radius 3 is 2.32 bits per heavy atom. The number of rotatable bonds is 7. The summed E-state index contributed by atoms with van der Waals surface area (Å²) in [7, 11) is 0. The molecule has 1 atom stereocenters. The van der Waals surface area contributed by atoms with Gasteiger partial charge in [0.15, 0.2) is 0 Å². The Labute approximate surface area is 136 Å². The van der Waals surface area contributed by atoms with Crippen molar-refractivity contribution in [2.75, 3.05) is 13.2 Å². The molecular formula is C19H33NO2. The van der Waals surface area contributed by atoms with Crippen LogP contribution in [0.15, 0.2) is 18.2 Å². The Morgan fingerprint density at radius 2 is 1.82 bits per heavy atom. The fraction of sp³-hybridized carbons (Fsp3) is 0.684. The molecule has 0 unspecified atom stereocenters. The first-order valence-electron chi connectivity index (χ1n) is 8.20. The first kappa shape index (κ1) is 19.1. The second-order valence-corrected chi connectivity index (χ2v) is 7.53. The molecule has 1 N–H and O–H groups in total. The maximum Gasteiger partial charge on any atom is 0.0900 e. The van der Waals surface area contributed by atoms with Crippen LogP contribution in [0, 0.1) is 13.8 Å². The van der Waals surface area contributed by atoms with Crippen LogP contribution in [0.2, 0.25) is 0 Å². The van der Waals surface area contributed by atoms with Crippen molar-refractivity contribution in [3.63, 3.8) is 0 Å². The summed E-state index contributed by atoms with van der Waals surface area (Å²) < 4.78 is 5.68. The van der Waals surface area contributed by atoms with Crippen molar-refractivity contribution >= 4 is 0 Å². The summed E-state index contributed by atoms with van der Waals surface area (Å²) >= 11 is 0. The molecule has 0 aromatic heterocycles. The molecule has 0 saturated heterocycles. The van der Waals surface area contributed by atoms with E-state index in [0.717, 1.165) is 6.54 Å². The predicted molar refractivity (Wildman–Crippen MR) is 93.2 cm³/mol. The van der Waals surface area contributed by atoms with Crippen LogP contribution in [0.3, 0.4) is 0 Å². The highest BCUT2D eigenvalue weighted by atomic mass is 16.5. The normalized spacial score (nSPS) is 13.9. The molecule has 0 amide bonds. The van der Waals surface area contributed by atoms with Crippen LogP contribution in [0.1, 0.15) is 51.3 Å². The van der Waals surface area contributed by atoms with Gasteiger partial charge in [0, 0.05) is 19.1 Å². The number of aryl methyl sites for hydroxylation is 2. The lowest BCUT2D eigenvalue weighted by atomic mass is 10.0. The van der Waals surface area contributed by atoms with Crippen molar-refractivity contribution < 1.29 is 9.84 Å². The fourth-order valence-corrected chi connectivity index (χ4v) is 2.37. The Balaban J connectivity index is 2.65. The number of aliphatic hydroxyl groups excluding tert-OH is 1. The maximum absolute atomic E-state index is 10.3. The predicted octanol–water partition coefficient (Wildman–Crippen LogP) is 3.69. The summed E-state index contributed by atoms with van der Waals surface area (Å²) in [5, 5.41) is 10.3. The second kappa shape index (κ2) is 8.09. The van der Waals surface area contributed by atoms with Gasteiger partial charge in [0.2, 0.25) is 0 Å². The highest BCUT2D eigenvalue weighted by Crippen LogP contribution is 2.16. The van der Waals surface area contributed by atoms with Crippen LogP contribution in [0.4, 0.5) is 0 Å². The number of nitrogens with zero attached hydrogens (tertiary/aromatic N) is 1. The Bertz CT molecular complexity index is 463. The van der Waals surface area contributed by atoms with Crippen molar-refractivity contribution in [3.05, 3.63) is 34.9 Å². The first-order valence-corrected chi connectivity index (χ1v) is 8.20. The van der Waals surface area contributed by atoms with Gasteiger partial charge < -0.3 is 9.84 Å². The Kier molecular flexibility index (Phi) is 7.04. The summed E-state index contributed by atoms with van der Waals surface area (Å²) in [5.41, 5.74) is 3.71. The van der Waals surface area contributed by atoms with E-state index in [2.05, 4.69) is 50.8 Å². The molecule has 0 saturated carbocycles. The lowest BCUT2D eigenvalue weighted by Crippen LogP contribution is -2.40. The topological polar surface area (TPSA) is 32.7 Å². The van der Waals surface area contributed by atoms with E-state index >= 15 is 0 Å². The molecule has 0 radical (unpaired) electrons. The van der Waals surface area contributed by atoms with Crippen molar-refractivity contribution in [2.45, 2.75) is 72.8 Å². The third kappa shape index (κ3) is 6.91. The third-order valence-corrected chi connectivity index (χ3v) is 3.76. The van der Waals surface area contributed by atoms with Gasteiger partial charge in [-0.3, -0.25) is 4.90 Å². The summed E-state index contributed by atoms with van der Waals surface area (Å²) in [6, 6.07) is 6.94. The minimum atomic E-state index is -0.465. The van der Waals surface area contributed by atoms with Crippen LogP contribution in [-0.2, 0) is 11.3 Å². The zero-order valence-corrected chi connectivity index (χ0v) is 15.3. The monoisotopic (exact) mass is 307 g/mol. The lowest BCUT2D eigenvalue weighted by Gasteiger charge is -2.30. The molecule has 126 valence electrons. The number of hydrogen-bond acceptors (Lipinski definition) is 3. The van der Waals surface area contributed by atoms with Crippen molar-refractivity contribution in [1.29, 1.82) is 0 Å². The van der Waals surface area contributed by atoms with Gasteiger partial charge in [-0.2, -0.15) is 0 Å². The molecule has 22 heavy (non-hydrogen) atoms. The molecule has 0 bridgehead atoms. The van der Waals surface area contributed by atoms with Crippen LogP contribution >= 0.6 is 0 Å². The quantitative estimate of drug-likeness (QED) is 0.834. The molecule has 1 rings (SSSR count). The molecule has 0 aliphatic rings. The van der Waals surface area contributed by atoms with Crippen LogP contribution in [-0.4, -0.2) is 40.9 Å². The van der Waals surface area contributed by atoms with E-state index in [4.69, 9.17) is 4.74 Å². The minimum Gasteiger partial charge on any atom is -0.389 e. The molecule has 0 aliphatic carbocycles. The second-order valence-electron chi connectivity index (χ2n) is 7.53. The zero-order valence-electron chi connectivity index (χ0n) is 15.3. The van der Waals surface area contributed by atoms with E-state index in [-0.39, 0.29) is 5.60 Å². The molecule has 0 fully saturated rings. The fourth-order valence-electron chi connectivity index (χ4n) is 2.37. The van der Waals surface area contributed by atoms with Crippen molar-refractivity contribution in [3.8, 4) is 0 Å². The first-order chi connectivity index (χ1) is 10.1. The third-order valence-electron chi connectivity index (χ3n) is 3.76. The lowest BCUT2D eigenvalue weighted by molar-refractivity contribution is -0.0587. The summed E-state index contributed by atoms with van der Waals surface area (Å²) in [4.78, 5) is 2.30. The summed E-state index contributed by atoms with van der Waals surface area (Å²) in [5.74, 6) is 0. The van der Waals surface area contributed by atoms with Gasteiger partial charge in [-0.1, -0.05) is 23.8 Å². The average molecular weight is 307 g/mol. The molecule has 1 aromatic rings. The highest BCUT2D eigenvalue weighted by molar-refractivity contribution is 5.30. The molecule has 0 aliphatic heterocycles. The number of ether oxygens (including phenoxy) is 1. The number of benzene rings is 1. The van der Waals surface area contributed by atoms with Gasteiger partial charge in [-0.05, 0) is 59.6 Å². The molecule has 1 aromatic carbocycles. The summed E-state index contributed by atoms with van der Waals surface area (Å²) in [6.45, 7) is 16.5. The standard InChI is InChI=1S/C19H33NO2/c1-14(2)20(12-18(21)13-22-19(5,6)7)11-17-9-8-15(3)10-16(17)4/h8-10,14,18,21H,11-13H2,1-7H3/t18-/m0/s1. The number of hydrogen-bond donors (Lipinski definition) is 1. The SMILES string of the molecule is Cc1ccc(CN(C[C@H](O)COC(C)(C)C)C(C)C)c(C)c1. The Morgan fingerprint density at radius 1 is 1.18 bits per heavy atom. The smallest absolute Gasteiger partial charge is 0.0900 e. The molecule has 3 nitrogen and oxygen atoms in total. The van der Waals surface area contributed by atoms with E-state index in [1.807, 2.05) is 20.8 Å². The van der Waals surface area contributed by atoms with Gasteiger partial charge in [-0.25, -0.2) is 0 Å². The van der Waals surface area contributed by atoms with Crippen molar-refractivity contribution in [2.24, 2.45) is 0 Å². The van der Waals surface area contributed by atoms with E-state index < -0.39 is 6.10 Å². The largest absolute Gasteiger partial charge is 0.389 e. The van der Waals surface area contributed by atoms with E-state index in [0.29, 0.717) is 19.2 Å². The van der Waals surface area contributed by atoms with E-state index in [9.17, 15) is 5.11 Å². The van der Waals surface area contributed by atoms with E-state index in [1.165, 1.54) is 16.7 Å². The van der Waals surface area contributed by atoms with E-state index in [1.54, 1.807) is 0 Å². The van der Waals surface area contributed by atoms with Crippen LogP contribution < -0.4 is 0 Å². The summed E-state index contributed by atoms with van der Waals surface area (Å²) in [6.07, 6.45) is -0.465. The van der Waals surface area contributed by atoms with Gasteiger partial charge >= 0.3 is 0 Å². The number of aliphatic hydroxyl groups is 1. The molecular weight excluding hydrogens is 274 g/mol. The van der Waals surface area contributed by atoms with Gasteiger partial charge in [0.1, 0.15) is 0 Å². The Hall–Kier alpha value is -0.900. The molecule has 0 heterocycles. The van der Waals surface area contributed by atoms with Crippen LogP contribution in [0.5, 0.6) is 0 Å². The van der Waals surface area contributed by atoms with Crippen molar-refractivity contribution in [1.82, 2.24) is 4.90 Å². The van der Waals surface area contributed by atoms with Gasteiger partial charge in [0.25, 0.3) is 0 Å². The average Bonchev–Trinajstić information content (AvgIpc) is 2.37. The molecule has 0 spiro atoms. The van der Waals surface area contributed by atoms with Crippen LogP contribution in [0.25, 0.3) is 0 Å². The van der Waals surface area contributed by atoms with Gasteiger partial charge in [-0.15, -0.1) is 0 Å². The molecule has 3 heteroatoms. The van der Waals surface area contributed by atoms with Gasteiger partial charge in [0.05, 0.1) is 18.3 Å².